The Kier molecular flexibility index (Phi) is 3.66. The smallest absolute Gasteiger partial charge is 0.224 e. The number of halogens is 2. The molecule has 0 saturated carbocycles. The van der Waals surface area contributed by atoms with Gasteiger partial charge >= 0.3 is 0 Å². The monoisotopic (exact) mass is 337 g/mol. The Morgan fingerprint density at radius 1 is 1.60 bits per heavy atom. The van der Waals surface area contributed by atoms with Crippen LogP contribution in [0.3, 0.4) is 0 Å². The molecular weight excluding hydrogens is 324 g/mol. The fraction of sp³-hybridized carbons (Fsp3) is 0.600. The zero-order valence-corrected chi connectivity index (χ0v) is 11.5. The Morgan fingerprint density at radius 3 is 3.13 bits per heavy atom. The van der Waals surface area contributed by atoms with Gasteiger partial charge in [0.15, 0.2) is 0 Å². The number of hydrogen-bond donors (Lipinski definition) is 0. The second-order valence-corrected chi connectivity index (χ2v) is 5.50. The van der Waals surface area contributed by atoms with Crippen molar-refractivity contribution in [1.29, 1.82) is 0 Å². The van der Waals surface area contributed by atoms with Gasteiger partial charge in [0.05, 0.1) is 3.57 Å². The van der Waals surface area contributed by atoms with Crippen molar-refractivity contribution >= 4 is 40.0 Å². The highest BCUT2D eigenvalue weighted by atomic mass is 127. The molecule has 0 N–H and O–H groups in total. The summed E-state index contributed by atoms with van der Waals surface area (Å²) in [5.74, 6) is 1.73. The Morgan fingerprint density at radius 2 is 2.40 bits per heavy atom. The van der Waals surface area contributed by atoms with E-state index in [4.69, 9.17) is 11.6 Å². The number of piperidine rings is 1. The molecule has 1 atom stereocenters. The van der Waals surface area contributed by atoms with Crippen LogP contribution in [-0.4, -0.2) is 23.1 Å². The zero-order valence-electron chi connectivity index (χ0n) is 8.58. The van der Waals surface area contributed by atoms with Gasteiger partial charge in [-0.2, -0.15) is 4.98 Å². The third-order valence-electron chi connectivity index (χ3n) is 2.65. The first-order valence-electron chi connectivity index (χ1n) is 5.10. The maximum atomic E-state index is 5.82. The summed E-state index contributed by atoms with van der Waals surface area (Å²) in [5, 5.41) is 0.337. The van der Waals surface area contributed by atoms with Crippen molar-refractivity contribution in [2.24, 2.45) is 5.92 Å². The molecule has 1 unspecified atom stereocenters. The molecule has 1 aromatic heterocycles. The molecule has 0 amide bonds. The van der Waals surface area contributed by atoms with Crippen molar-refractivity contribution in [2.45, 2.75) is 19.8 Å². The van der Waals surface area contributed by atoms with E-state index < -0.39 is 0 Å². The summed E-state index contributed by atoms with van der Waals surface area (Å²) >= 11 is 8.08. The lowest BCUT2D eigenvalue weighted by atomic mass is 10.0. The van der Waals surface area contributed by atoms with Gasteiger partial charge in [-0.25, -0.2) is 4.98 Å². The summed E-state index contributed by atoms with van der Waals surface area (Å²) in [5.41, 5.74) is 0. The minimum atomic E-state index is 0.337. The fourth-order valence-corrected chi connectivity index (χ4v) is 2.67. The highest BCUT2D eigenvalue weighted by Crippen LogP contribution is 2.25. The van der Waals surface area contributed by atoms with E-state index in [1.165, 1.54) is 12.8 Å². The van der Waals surface area contributed by atoms with E-state index in [-0.39, 0.29) is 0 Å². The van der Waals surface area contributed by atoms with Gasteiger partial charge < -0.3 is 4.90 Å². The summed E-state index contributed by atoms with van der Waals surface area (Å²) in [4.78, 5) is 10.6. The van der Waals surface area contributed by atoms with E-state index in [1.807, 2.05) is 0 Å². The molecule has 2 heterocycles. The first-order valence-corrected chi connectivity index (χ1v) is 6.55. The molecule has 1 aliphatic heterocycles. The van der Waals surface area contributed by atoms with Gasteiger partial charge in [0.2, 0.25) is 5.28 Å². The highest BCUT2D eigenvalue weighted by Gasteiger charge is 2.19. The van der Waals surface area contributed by atoms with Crippen molar-refractivity contribution in [3.63, 3.8) is 0 Å². The molecule has 5 heteroatoms. The van der Waals surface area contributed by atoms with E-state index in [9.17, 15) is 0 Å². The van der Waals surface area contributed by atoms with Gasteiger partial charge in [0, 0.05) is 19.3 Å². The molecule has 1 saturated heterocycles. The standard InChI is InChI=1S/C10H13ClIN3/c1-7-3-2-4-15(6-7)9-8(12)5-13-10(11)14-9/h5,7H,2-4,6H2,1H3. The van der Waals surface area contributed by atoms with Crippen molar-refractivity contribution in [3.8, 4) is 0 Å². The molecule has 0 radical (unpaired) electrons. The third-order valence-corrected chi connectivity index (χ3v) is 3.60. The van der Waals surface area contributed by atoms with Gasteiger partial charge in [0.25, 0.3) is 0 Å². The van der Waals surface area contributed by atoms with E-state index in [0.29, 0.717) is 5.28 Å². The lowest BCUT2D eigenvalue weighted by Gasteiger charge is -2.32. The SMILES string of the molecule is CC1CCCN(c2nc(Cl)ncc2I)C1. The largest absolute Gasteiger partial charge is 0.355 e. The molecular formula is C10H13ClIN3. The van der Waals surface area contributed by atoms with Crippen molar-refractivity contribution in [3.05, 3.63) is 15.1 Å². The van der Waals surface area contributed by atoms with Gasteiger partial charge in [-0.15, -0.1) is 0 Å². The fourth-order valence-electron chi connectivity index (χ4n) is 1.94. The van der Waals surface area contributed by atoms with E-state index in [0.717, 1.165) is 28.4 Å². The van der Waals surface area contributed by atoms with Crippen LogP contribution in [0.4, 0.5) is 5.82 Å². The lowest BCUT2D eigenvalue weighted by molar-refractivity contribution is 0.444. The molecule has 1 aliphatic rings. The number of aromatic nitrogens is 2. The first kappa shape index (κ1) is 11.4. The predicted molar refractivity (Wildman–Crippen MR) is 70.4 cm³/mol. The number of rotatable bonds is 1. The van der Waals surface area contributed by atoms with Crippen LogP contribution in [0.1, 0.15) is 19.8 Å². The van der Waals surface area contributed by atoms with Gasteiger partial charge in [0.1, 0.15) is 5.82 Å². The van der Waals surface area contributed by atoms with Crippen molar-refractivity contribution < 1.29 is 0 Å². The summed E-state index contributed by atoms with van der Waals surface area (Å²) in [6.45, 7) is 4.43. The lowest BCUT2D eigenvalue weighted by Crippen LogP contribution is -2.35. The number of anilines is 1. The molecule has 0 aliphatic carbocycles. The first-order chi connectivity index (χ1) is 7.16. The molecule has 82 valence electrons. The van der Waals surface area contributed by atoms with Crippen LogP contribution in [0.2, 0.25) is 5.28 Å². The van der Waals surface area contributed by atoms with E-state index >= 15 is 0 Å². The van der Waals surface area contributed by atoms with Gasteiger partial charge in [-0.3, -0.25) is 0 Å². The molecule has 0 spiro atoms. The summed E-state index contributed by atoms with van der Waals surface area (Å²) in [6.07, 6.45) is 4.33. The average Bonchev–Trinajstić information content (AvgIpc) is 2.22. The van der Waals surface area contributed by atoms with Gasteiger partial charge in [-0.1, -0.05) is 6.92 Å². The zero-order chi connectivity index (χ0) is 10.8. The average molecular weight is 338 g/mol. The second kappa shape index (κ2) is 4.82. The van der Waals surface area contributed by atoms with E-state index in [2.05, 4.69) is 44.4 Å². The summed E-state index contributed by atoms with van der Waals surface area (Å²) in [6, 6.07) is 0. The molecule has 1 fully saturated rings. The molecule has 3 nitrogen and oxygen atoms in total. The maximum absolute atomic E-state index is 5.82. The number of nitrogens with zero attached hydrogens (tertiary/aromatic N) is 3. The predicted octanol–water partition coefficient (Wildman–Crippen LogP) is 2.97. The van der Waals surface area contributed by atoms with E-state index in [1.54, 1.807) is 6.20 Å². The Labute approximate surface area is 108 Å². The molecule has 0 bridgehead atoms. The quantitative estimate of drug-likeness (QED) is 0.583. The third kappa shape index (κ3) is 2.72. The van der Waals surface area contributed by atoms with Crippen LogP contribution >= 0.6 is 34.2 Å². The Hall–Kier alpha value is -0.100. The van der Waals surface area contributed by atoms with Crippen LogP contribution in [0, 0.1) is 9.49 Å². The topological polar surface area (TPSA) is 29.0 Å². The van der Waals surface area contributed by atoms with Crippen LogP contribution in [0.15, 0.2) is 6.20 Å². The minimum Gasteiger partial charge on any atom is -0.355 e. The summed E-state index contributed by atoms with van der Waals surface area (Å²) < 4.78 is 1.08. The maximum Gasteiger partial charge on any atom is 0.224 e. The Bertz CT molecular complexity index is 359. The Balaban J connectivity index is 2.24. The van der Waals surface area contributed by atoms with Crippen LogP contribution in [-0.2, 0) is 0 Å². The number of hydrogen-bond acceptors (Lipinski definition) is 3. The normalized spacial score (nSPS) is 21.8. The van der Waals surface area contributed by atoms with Crippen LogP contribution in [0.5, 0.6) is 0 Å². The van der Waals surface area contributed by atoms with Gasteiger partial charge in [-0.05, 0) is 53.0 Å². The molecule has 15 heavy (non-hydrogen) atoms. The molecule has 0 aromatic carbocycles. The minimum absolute atomic E-state index is 0.337. The van der Waals surface area contributed by atoms with Crippen LogP contribution in [0.25, 0.3) is 0 Å². The highest BCUT2D eigenvalue weighted by molar-refractivity contribution is 14.1. The summed E-state index contributed by atoms with van der Waals surface area (Å²) in [7, 11) is 0. The van der Waals surface area contributed by atoms with Crippen molar-refractivity contribution in [1.82, 2.24) is 9.97 Å². The van der Waals surface area contributed by atoms with Crippen molar-refractivity contribution in [2.75, 3.05) is 18.0 Å². The van der Waals surface area contributed by atoms with Crippen LogP contribution < -0.4 is 4.90 Å². The second-order valence-electron chi connectivity index (χ2n) is 4.00. The molecule has 2 rings (SSSR count). The molecule has 1 aromatic rings.